The summed E-state index contributed by atoms with van der Waals surface area (Å²) in [7, 11) is 0. The highest BCUT2D eigenvalue weighted by Gasteiger charge is 2.42. The van der Waals surface area contributed by atoms with E-state index in [2.05, 4.69) is 28.0 Å². The van der Waals surface area contributed by atoms with E-state index in [4.69, 9.17) is 4.74 Å². The van der Waals surface area contributed by atoms with Crippen LogP contribution in [0, 0.1) is 17.8 Å². The van der Waals surface area contributed by atoms with Crippen molar-refractivity contribution < 1.29 is 4.74 Å². The molecular formula is C17H29N3O. The Hall–Kier alpha value is -1.03. The first-order chi connectivity index (χ1) is 10.3. The van der Waals surface area contributed by atoms with Crippen LogP contribution in [-0.4, -0.2) is 29.3 Å². The van der Waals surface area contributed by atoms with E-state index < -0.39 is 0 Å². The molecule has 1 aromatic heterocycles. The second-order valence-electron chi connectivity index (χ2n) is 6.71. The highest BCUT2D eigenvalue weighted by Crippen LogP contribution is 2.52. The summed E-state index contributed by atoms with van der Waals surface area (Å²) in [5.41, 5.74) is 0. The van der Waals surface area contributed by atoms with Gasteiger partial charge in [-0.05, 0) is 57.3 Å². The molecule has 118 valence electrons. The fourth-order valence-electron chi connectivity index (χ4n) is 4.39. The zero-order chi connectivity index (χ0) is 14.7. The number of imidazole rings is 1. The molecule has 0 spiro atoms. The van der Waals surface area contributed by atoms with E-state index in [1.165, 1.54) is 25.7 Å². The second kappa shape index (κ2) is 6.82. The molecule has 4 atom stereocenters. The van der Waals surface area contributed by atoms with Crippen LogP contribution in [0.15, 0.2) is 12.4 Å². The lowest BCUT2D eigenvalue weighted by Gasteiger charge is -2.29. The van der Waals surface area contributed by atoms with E-state index >= 15 is 0 Å². The summed E-state index contributed by atoms with van der Waals surface area (Å²) in [5, 5.41) is 3.47. The maximum atomic E-state index is 5.38. The van der Waals surface area contributed by atoms with Gasteiger partial charge in [-0.25, -0.2) is 4.98 Å². The van der Waals surface area contributed by atoms with Gasteiger partial charge < -0.3 is 14.6 Å². The topological polar surface area (TPSA) is 39.1 Å². The minimum absolute atomic E-state index is 0.567. The molecule has 21 heavy (non-hydrogen) atoms. The molecule has 4 heteroatoms. The molecule has 4 nitrogen and oxygen atoms in total. The van der Waals surface area contributed by atoms with Crippen molar-refractivity contribution in [2.24, 2.45) is 17.8 Å². The van der Waals surface area contributed by atoms with Gasteiger partial charge in [-0.1, -0.05) is 6.42 Å². The van der Waals surface area contributed by atoms with Crippen molar-refractivity contribution in [2.75, 3.05) is 25.1 Å². The van der Waals surface area contributed by atoms with Crippen LogP contribution < -0.4 is 5.32 Å². The average Bonchev–Trinajstić information content (AvgIpc) is 3.22. The Labute approximate surface area is 128 Å². The number of aromatic nitrogens is 2. The summed E-state index contributed by atoms with van der Waals surface area (Å²) in [4.78, 5) is 4.50. The quantitative estimate of drug-likeness (QED) is 0.742. The minimum atomic E-state index is 0.567. The molecule has 2 bridgehead atoms. The van der Waals surface area contributed by atoms with Crippen molar-refractivity contribution >= 4 is 5.95 Å². The molecule has 0 radical (unpaired) electrons. The third kappa shape index (κ3) is 3.25. The lowest BCUT2D eigenvalue weighted by molar-refractivity contribution is 0.147. The number of hydrogen-bond donors (Lipinski definition) is 1. The normalized spacial score (nSPS) is 29.0. The molecule has 2 saturated carbocycles. The third-order valence-electron chi connectivity index (χ3n) is 5.47. The van der Waals surface area contributed by atoms with Gasteiger partial charge in [0, 0.05) is 38.2 Å². The molecule has 0 aromatic carbocycles. The van der Waals surface area contributed by atoms with E-state index in [0.717, 1.165) is 49.9 Å². The van der Waals surface area contributed by atoms with Gasteiger partial charge >= 0.3 is 0 Å². The molecule has 2 aliphatic rings. The first-order valence-electron chi connectivity index (χ1n) is 8.64. The lowest BCUT2D eigenvalue weighted by atomic mass is 9.84. The van der Waals surface area contributed by atoms with Gasteiger partial charge in [-0.3, -0.25) is 0 Å². The summed E-state index contributed by atoms with van der Waals surface area (Å²) >= 11 is 0. The summed E-state index contributed by atoms with van der Waals surface area (Å²) in [5.74, 6) is 3.84. The van der Waals surface area contributed by atoms with Crippen molar-refractivity contribution in [2.45, 2.75) is 52.0 Å². The molecule has 4 unspecified atom stereocenters. The van der Waals surface area contributed by atoms with Crippen LogP contribution in [0.1, 0.15) is 52.0 Å². The molecular weight excluding hydrogens is 262 g/mol. The standard InChI is InChI=1S/C17H29N3O/c1-3-21-10-4-7-18-17-19-8-9-20(17)13(2)16-12-14-5-6-15(16)11-14/h8-9,13-16H,3-7,10-12H2,1-2H3,(H,18,19). The Morgan fingerprint density at radius 2 is 2.33 bits per heavy atom. The van der Waals surface area contributed by atoms with Crippen LogP contribution in [0.4, 0.5) is 5.95 Å². The van der Waals surface area contributed by atoms with Crippen LogP contribution in [-0.2, 0) is 4.74 Å². The molecule has 1 aromatic rings. The van der Waals surface area contributed by atoms with Crippen molar-refractivity contribution in [1.29, 1.82) is 0 Å². The third-order valence-corrected chi connectivity index (χ3v) is 5.47. The predicted molar refractivity (Wildman–Crippen MR) is 85.5 cm³/mol. The van der Waals surface area contributed by atoms with Gasteiger partial charge in [0.15, 0.2) is 0 Å². The molecule has 0 saturated heterocycles. The number of anilines is 1. The van der Waals surface area contributed by atoms with Crippen LogP contribution >= 0.6 is 0 Å². The van der Waals surface area contributed by atoms with Gasteiger partial charge in [-0.2, -0.15) is 0 Å². The summed E-state index contributed by atoms with van der Waals surface area (Å²) in [6.45, 7) is 6.97. The molecule has 3 rings (SSSR count). The van der Waals surface area contributed by atoms with Crippen molar-refractivity contribution in [3.63, 3.8) is 0 Å². The van der Waals surface area contributed by atoms with Crippen LogP contribution in [0.3, 0.4) is 0 Å². The lowest BCUT2D eigenvalue weighted by Crippen LogP contribution is -2.23. The highest BCUT2D eigenvalue weighted by molar-refractivity contribution is 5.26. The fourth-order valence-corrected chi connectivity index (χ4v) is 4.39. The Bertz CT molecular complexity index is 445. The van der Waals surface area contributed by atoms with Crippen molar-refractivity contribution in [3.05, 3.63) is 12.4 Å². The van der Waals surface area contributed by atoms with Gasteiger partial charge in [0.1, 0.15) is 0 Å². The first kappa shape index (κ1) is 14.9. The number of nitrogens with one attached hydrogen (secondary N) is 1. The SMILES string of the molecule is CCOCCCNc1nccn1C(C)C1CC2CCC1C2. The largest absolute Gasteiger partial charge is 0.382 e. The van der Waals surface area contributed by atoms with Gasteiger partial charge in [0.05, 0.1) is 0 Å². The zero-order valence-electron chi connectivity index (χ0n) is 13.4. The zero-order valence-corrected chi connectivity index (χ0v) is 13.4. The van der Waals surface area contributed by atoms with E-state index in [9.17, 15) is 0 Å². The number of nitrogens with zero attached hydrogens (tertiary/aromatic N) is 2. The summed E-state index contributed by atoms with van der Waals surface area (Å²) in [6.07, 6.45) is 10.9. The monoisotopic (exact) mass is 291 g/mol. The molecule has 2 aliphatic carbocycles. The first-order valence-corrected chi connectivity index (χ1v) is 8.64. The van der Waals surface area contributed by atoms with Crippen LogP contribution in [0.25, 0.3) is 0 Å². The summed E-state index contributed by atoms with van der Waals surface area (Å²) in [6, 6.07) is 0.567. The number of hydrogen-bond acceptors (Lipinski definition) is 3. The number of rotatable bonds is 8. The van der Waals surface area contributed by atoms with E-state index in [1.54, 1.807) is 0 Å². The van der Waals surface area contributed by atoms with Crippen LogP contribution in [0.2, 0.25) is 0 Å². The maximum Gasteiger partial charge on any atom is 0.203 e. The maximum absolute atomic E-state index is 5.38. The van der Waals surface area contributed by atoms with Crippen molar-refractivity contribution in [3.8, 4) is 0 Å². The molecule has 2 fully saturated rings. The summed E-state index contributed by atoms with van der Waals surface area (Å²) < 4.78 is 7.73. The molecule has 0 amide bonds. The molecule has 1 N–H and O–H groups in total. The van der Waals surface area contributed by atoms with Gasteiger partial charge in [0.2, 0.25) is 5.95 Å². The van der Waals surface area contributed by atoms with Gasteiger partial charge in [-0.15, -0.1) is 0 Å². The second-order valence-corrected chi connectivity index (χ2v) is 6.71. The molecule has 0 aliphatic heterocycles. The van der Waals surface area contributed by atoms with E-state index in [-0.39, 0.29) is 0 Å². The van der Waals surface area contributed by atoms with E-state index in [0.29, 0.717) is 6.04 Å². The Kier molecular flexibility index (Phi) is 4.84. The Morgan fingerprint density at radius 3 is 3.05 bits per heavy atom. The Morgan fingerprint density at radius 1 is 1.43 bits per heavy atom. The predicted octanol–water partition coefficient (Wildman–Crippen LogP) is 3.72. The minimum Gasteiger partial charge on any atom is -0.382 e. The van der Waals surface area contributed by atoms with E-state index in [1.807, 2.05) is 13.1 Å². The van der Waals surface area contributed by atoms with Crippen molar-refractivity contribution in [1.82, 2.24) is 9.55 Å². The fraction of sp³-hybridized carbons (Fsp3) is 0.824. The highest BCUT2D eigenvalue weighted by atomic mass is 16.5. The molecule has 1 heterocycles. The Balaban J connectivity index is 1.54. The average molecular weight is 291 g/mol. The number of fused-ring (bicyclic) bond motifs is 2. The van der Waals surface area contributed by atoms with Gasteiger partial charge in [0.25, 0.3) is 0 Å². The smallest absolute Gasteiger partial charge is 0.203 e. The van der Waals surface area contributed by atoms with Crippen LogP contribution in [0.5, 0.6) is 0 Å². The number of ether oxygens (including phenoxy) is 1.